The van der Waals surface area contributed by atoms with Crippen molar-refractivity contribution in [1.29, 1.82) is 0 Å². The smallest absolute Gasteiger partial charge is 0.308 e. The van der Waals surface area contributed by atoms with E-state index in [2.05, 4.69) is 5.32 Å². The number of rotatable bonds is 7. The number of carboxylic acids is 1. The van der Waals surface area contributed by atoms with Crippen LogP contribution in [0.3, 0.4) is 0 Å². The Morgan fingerprint density at radius 1 is 1.35 bits per heavy atom. The minimum Gasteiger partial charge on any atom is -0.481 e. The average Bonchev–Trinajstić information content (AvgIpc) is 2.38. The van der Waals surface area contributed by atoms with Gasteiger partial charge < -0.3 is 10.4 Å². The number of carbonyl (C=O) groups is 2. The fourth-order valence-corrected chi connectivity index (χ4v) is 2.21. The van der Waals surface area contributed by atoms with Crippen LogP contribution in [0.2, 0.25) is 10.0 Å². The lowest BCUT2D eigenvalue weighted by molar-refractivity contribution is -0.141. The molecule has 20 heavy (non-hydrogen) atoms. The van der Waals surface area contributed by atoms with Crippen LogP contribution in [0.15, 0.2) is 18.2 Å². The third-order valence-electron chi connectivity index (χ3n) is 3.02. The minimum atomic E-state index is -0.895. The fraction of sp³-hybridized carbons (Fsp3) is 0.429. The fourth-order valence-electron chi connectivity index (χ4n) is 1.70. The second kappa shape index (κ2) is 8.12. The first kappa shape index (κ1) is 16.8. The third kappa shape index (κ3) is 5.39. The number of nitrogens with one attached hydrogen (secondary N) is 1. The molecule has 0 aliphatic carbocycles. The van der Waals surface area contributed by atoms with E-state index >= 15 is 0 Å². The molecule has 0 fully saturated rings. The number of amides is 1. The molecule has 1 rings (SSSR count). The topological polar surface area (TPSA) is 66.4 Å². The zero-order valence-corrected chi connectivity index (χ0v) is 12.7. The molecule has 1 amide bonds. The number of aryl methyl sites for hydroxylation is 1. The zero-order valence-electron chi connectivity index (χ0n) is 11.2. The van der Waals surface area contributed by atoms with Crippen LogP contribution in [0.25, 0.3) is 0 Å². The predicted molar refractivity (Wildman–Crippen MR) is 79.2 cm³/mol. The normalized spacial score (nSPS) is 11.9. The first-order valence-electron chi connectivity index (χ1n) is 6.37. The standard InChI is InChI=1S/C14H17Cl2NO3/c1-2-9(14(19)20)8-17-13(18)6-4-10-3-5-11(15)7-12(10)16/h3,5,7,9H,2,4,6,8H2,1H3,(H,17,18)(H,19,20). The van der Waals surface area contributed by atoms with Gasteiger partial charge in [0.05, 0.1) is 5.92 Å². The molecule has 0 aromatic heterocycles. The summed E-state index contributed by atoms with van der Waals surface area (Å²) in [6.07, 6.45) is 1.24. The van der Waals surface area contributed by atoms with Gasteiger partial charge in [0.25, 0.3) is 0 Å². The van der Waals surface area contributed by atoms with E-state index in [0.717, 1.165) is 5.56 Å². The zero-order chi connectivity index (χ0) is 15.1. The summed E-state index contributed by atoms with van der Waals surface area (Å²) in [6, 6.07) is 5.14. The number of carboxylic acid groups (broad SMARTS) is 1. The van der Waals surface area contributed by atoms with Crippen molar-refractivity contribution >= 4 is 35.1 Å². The Balaban J connectivity index is 2.41. The Bertz CT molecular complexity index is 491. The summed E-state index contributed by atoms with van der Waals surface area (Å²) in [4.78, 5) is 22.5. The lowest BCUT2D eigenvalue weighted by Crippen LogP contribution is -2.32. The first-order valence-corrected chi connectivity index (χ1v) is 7.13. The number of benzene rings is 1. The van der Waals surface area contributed by atoms with Gasteiger partial charge in [0, 0.05) is 23.0 Å². The summed E-state index contributed by atoms with van der Waals surface area (Å²) in [6.45, 7) is 1.93. The highest BCUT2D eigenvalue weighted by atomic mass is 35.5. The second-order valence-electron chi connectivity index (χ2n) is 4.48. The molecule has 0 spiro atoms. The van der Waals surface area contributed by atoms with Crippen LogP contribution in [-0.2, 0) is 16.0 Å². The average molecular weight is 318 g/mol. The number of hydrogen-bond donors (Lipinski definition) is 2. The van der Waals surface area contributed by atoms with Gasteiger partial charge >= 0.3 is 5.97 Å². The summed E-state index contributed by atoms with van der Waals surface area (Å²) >= 11 is 11.8. The summed E-state index contributed by atoms with van der Waals surface area (Å²) in [5.74, 6) is -1.62. The van der Waals surface area contributed by atoms with E-state index in [1.807, 2.05) is 0 Å². The van der Waals surface area contributed by atoms with Crippen molar-refractivity contribution in [3.05, 3.63) is 33.8 Å². The summed E-state index contributed by atoms with van der Waals surface area (Å²) in [5, 5.41) is 12.6. The van der Waals surface area contributed by atoms with Crippen molar-refractivity contribution in [2.45, 2.75) is 26.2 Å². The van der Waals surface area contributed by atoms with Crippen LogP contribution in [0.4, 0.5) is 0 Å². The Kier molecular flexibility index (Phi) is 6.82. The van der Waals surface area contributed by atoms with Gasteiger partial charge in [-0.25, -0.2) is 0 Å². The van der Waals surface area contributed by atoms with Crippen molar-refractivity contribution in [3.63, 3.8) is 0 Å². The van der Waals surface area contributed by atoms with Crippen molar-refractivity contribution < 1.29 is 14.7 Å². The molecule has 4 nitrogen and oxygen atoms in total. The van der Waals surface area contributed by atoms with E-state index in [0.29, 0.717) is 22.9 Å². The summed E-state index contributed by atoms with van der Waals surface area (Å²) in [7, 11) is 0. The number of aliphatic carboxylic acids is 1. The number of carbonyl (C=O) groups excluding carboxylic acids is 1. The van der Waals surface area contributed by atoms with Crippen molar-refractivity contribution in [1.82, 2.24) is 5.32 Å². The molecule has 0 radical (unpaired) electrons. The quantitative estimate of drug-likeness (QED) is 0.811. The second-order valence-corrected chi connectivity index (χ2v) is 5.33. The Morgan fingerprint density at radius 3 is 2.60 bits per heavy atom. The molecule has 0 aliphatic heterocycles. The van der Waals surface area contributed by atoms with Gasteiger partial charge in [0.1, 0.15) is 0 Å². The molecule has 0 heterocycles. The highest BCUT2D eigenvalue weighted by Crippen LogP contribution is 2.21. The van der Waals surface area contributed by atoms with Crippen molar-refractivity contribution in [3.8, 4) is 0 Å². The molecule has 1 aromatic rings. The molecule has 1 unspecified atom stereocenters. The van der Waals surface area contributed by atoms with Crippen molar-refractivity contribution in [2.75, 3.05) is 6.54 Å². The molecule has 6 heteroatoms. The molecule has 110 valence electrons. The van der Waals surface area contributed by atoms with E-state index < -0.39 is 11.9 Å². The van der Waals surface area contributed by atoms with Gasteiger partial charge in [-0.2, -0.15) is 0 Å². The Morgan fingerprint density at radius 2 is 2.05 bits per heavy atom. The molecule has 0 saturated carbocycles. The first-order chi connectivity index (χ1) is 9.43. The van der Waals surface area contributed by atoms with Gasteiger partial charge in [-0.3, -0.25) is 9.59 Å². The van der Waals surface area contributed by atoms with E-state index in [1.165, 1.54) is 0 Å². The van der Waals surface area contributed by atoms with E-state index in [1.54, 1.807) is 25.1 Å². The van der Waals surface area contributed by atoms with Gasteiger partial charge in [0.15, 0.2) is 0 Å². The lowest BCUT2D eigenvalue weighted by atomic mass is 10.1. The molecular formula is C14H17Cl2NO3. The van der Waals surface area contributed by atoms with Gasteiger partial charge in [-0.15, -0.1) is 0 Å². The summed E-state index contributed by atoms with van der Waals surface area (Å²) < 4.78 is 0. The van der Waals surface area contributed by atoms with Crippen LogP contribution in [0.1, 0.15) is 25.3 Å². The molecule has 1 atom stereocenters. The number of halogens is 2. The molecular weight excluding hydrogens is 301 g/mol. The van der Waals surface area contributed by atoms with Crippen LogP contribution < -0.4 is 5.32 Å². The highest BCUT2D eigenvalue weighted by Gasteiger charge is 2.15. The molecule has 2 N–H and O–H groups in total. The maximum atomic E-state index is 11.7. The van der Waals surface area contributed by atoms with Gasteiger partial charge in [-0.1, -0.05) is 36.2 Å². The highest BCUT2D eigenvalue weighted by molar-refractivity contribution is 6.35. The van der Waals surface area contributed by atoms with E-state index in [9.17, 15) is 9.59 Å². The van der Waals surface area contributed by atoms with Crippen LogP contribution >= 0.6 is 23.2 Å². The third-order valence-corrected chi connectivity index (χ3v) is 3.61. The Labute approximate surface area is 128 Å². The molecule has 0 saturated heterocycles. The SMILES string of the molecule is CCC(CNC(=O)CCc1ccc(Cl)cc1Cl)C(=O)O. The molecule has 1 aromatic carbocycles. The predicted octanol–water partition coefficient (Wildman–Crippen LogP) is 3.15. The van der Waals surface area contributed by atoms with Crippen LogP contribution in [0, 0.1) is 5.92 Å². The maximum absolute atomic E-state index is 11.7. The van der Waals surface area contributed by atoms with E-state index in [4.69, 9.17) is 28.3 Å². The van der Waals surface area contributed by atoms with Gasteiger partial charge in [-0.05, 0) is 30.5 Å². The maximum Gasteiger partial charge on any atom is 0.308 e. The largest absolute Gasteiger partial charge is 0.481 e. The van der Waals surface area contributed by atoms with E-state index in [-0.39, 0.29) is 18.9 Å². The lowest BCUT2D eigenvalue weighted by Gasteiger charge is -2.11. The molecule has 0 bridgehead atoms. The van der Waals surface area contributed by atoms with Crippen LogP contribution in [-0.4, -0.2) is 23.5 Å². The Hall–Kier alpha value is -1.26. The minimum absolute atomic E-state index is 0.152. The van der Waals surface area contributed by atoms with Crippen molar-refractivity contribution in [2.24, 2.45) is 5.92 Å². The summed E-state index contributed by atoms with van der Waals surface area (Å²) in [5.41, 5.74) is 0.844. The van der Waals surface area contributed by atoms with Gasteiger partial charge in [0.2, 0.25) is 5.91 Å². The van der Waals surface area contributed by atoms with Crippen LogP contribution in [0.5, 0.6) is 0 Å². The molecule has 0 aliphatic rings. The monoisotopic (exact) mass is 317 g/mol. The number of hydrogen-bond acceptors (Lipinski definition) is 2.